The minimum atomic E-state index is -2.55. The second kappa shape index (κ2) is 3.34. The predicted molar refractivity (Wildman–Crippen MR) is 51.0 cm³/mol. The Morgan fingerprint density at radius 3 is 2.79 bits per heavy atom. The third-order valence-corrected chi connectivity index (χ3v) is 2.53. The van der Waals surface area contributed by atoms with Gasteiger partial charge >= 0.3 is 0 Å². The van der Waals surface area contributed by atoms with E-state index in [1.807, 2.05) is 6.26 Å². The van der Waals surface area contributed by atoms with Gasteiger partial charge in [-0.25, -0.2) is 18.7 Å². The Bertz CT molecular complexity index is 337. The molecule has 3 nitrogen and oxygen atoms in total. The number of rotatable bonds is 2. The molecule has 0 aliphatic carbocycles. The van der Waals surface area contributed by atoms with Crippen LogP contribution in [0, 0.1) is 0 Å². The highest BCUT2D eigenvalue weighted by atomic mass is 32.2. The van der Waals surface area contributed by atoms with Gasteiger partial charge in [0.2, 0.25) is 0 Å². The summed E-state index contributed by atoms with van der Waals surface area (Å²) in [5.74, 6) is -1.97. The lowest BCUT2D eigenvalue weighted by atomic mass is 10.1. The van der Waals surface area contributed by atoms with Crippen molar-refractivity contribution in [3.63, 3.8) is 0 Å². The lowest BCUT2D eigenvalue weighted by Gasteiger charge is -2.39. The van der Waals surface area contributed by atoms with Crippen molar-refractivity contribution in [3.8, 4) is 0 Å². The van der Waals surface area contributed by atoms with E-state index in [1.54, 1.807) is 17.2 Å². The summed E-state index contributed by atoms with van der Waals surface area (Å²) in [7, 11) is 0. The van der Waals surface area contributed by atoms with Crippen LogP contribution in [-0.4, -0.2) is 35.2 Å². The van der Waals surface area contributed by atoms with Gasteiger partial charge in [-0.05, 0) is 12.3 Å². The standard InChI is InChI=1S/C8H9F2N3S/c1-14-7-11-3-2-6(12-7)13-4-8(9,10)5-13/h2-3H,4-5H2,1H3. The molecule has 1 aromatic rings. The molecule has 0 saturated carbocycles. The van der Waals surface area contributed by atoms with Crippen LogP contribution in [0.3, 0.4) is 0 Å². The number of nitrogens with zero attached hydrogens (tertiary/aromatic N) is 3. The summed E-state index contributed by atoms with van der Waals surface area (Å²) in [4.78, 5) is 9.64. The van der Waals surface area contributed by atoms with Gasteiger partial charge < -0.3 is 4.90 Å². The van der Waals surface area contributed by atoms with E-state index < -0.39 is 5.92 Å². The largest absolute Gasteiger partial charge is 0.344 e. The van der Waals surface area contributed by atoms with Gasteiger partial charge in [-0.1, -0.05) is 11.8 Å². The summed E-state index contributed by atoms with van der Waals surface area (Å²) in [6.45, 7) is -0.477. The lowest BCUT2D eigenvalue weighted by molar-refractivity contribution is -0.0267. The Hall–Kier alpha value is -0.910. The molecule has 1 fully saturated rings. The fraction of sp³-hybridized carbons (Fsp3) is 0.500. The fourth-order valence-electron chi connectivity index (χ4n) is 1.28. The molecule has 2 rings (SSSR count). The first-order valence-electron chi connectivity index (χ1n) is 4.10. The van der Waals surface area contributed by atoms with Crippen molar-refractivity contribution in [2.45, 2.75) is 11.1 Å². The van der Waals surface area contributed by atoms with Gasteiger partial charge in [0.1, 0.15) is 5.82 Å². The zero-order valence-corrected chi connectivity index (χ0v) is 8.39. The number of thioether (sulfide) groups is 1. The molecule has 0 amide bonds. The predicted octanol–water partition coefficient (Wildman–Crippen LogP) is 1.65. The quantitative estimate of drug-likeness (QED) is 0.556. The van der Waals surface area contributed by atoms with E-state index in [0.717, 1.165) is 0 Å². The fourth-order valence-corrected chi connectivity index (χ4v) is 1.63. The molecule has 76 valence electrons. The second-order valence-corrected chi connectivity index (χ2v) is 3.89. The second-order valence-electron chi connectivity index (χ2n) is 3.11. The van der Waals surface area contributed by atoms with Crippen molar-refractivity contribution in [1.82, 2.24) is 9.97 Å². The van der Waals surface area contributed by atoms with Gasteiger partial charge in [-0.3, -0.25) is 0 Å². The first kappa shape index (κ1) is 9.64. The van der Waals surface area contributed by atoms with Crippen molar-refractivity contribution < 1.29 is 8.78 Å². The summed E-state index contributed by atoms with van der Waals surface area (Å²) in [5.41, 5.74) is 0. The van der Waals surface area contributed by atoms with Crippen LogP contribution in [0.25, 0.3) is 0 Å². The van der Waals surface area contributed by atoms with Gasteiger partial charge in [0, 0.05) is 6.20 Å². The highest BCUT2D eigenvalue weighted by molar-refractivity contribution is 7.98. The van der Waals surface area contributed by atoms with E-state index in [-0.39, 0.29) is 13.1 Å². The van der Waals surface area contributed by atoms with Gasteiger partial charge in [0.15, 0.2) is 5.16 Å². The Morgan fingerprint density at radius 1 is 1.50 bits per heavy atom. The minimum absolute atomic E-state index is 0.238. The van der Waals surface area contributed by atoms with E-state index >= 15 is 0 Å². The highest BCUT2D eigenvalue weighted by Gasteiger charge is 2.44. The summed E-state index contributed by atoms with van der Waals surface area (Å²) < 4.78 is 25.1. The van der Waals surface area contributed by atoms with Crippen LogP contribution in [0.5, 0.6) is 0 Å². The van der Waals surface area contributed by atoms with Gasteiger partial charge in [0.25, 0.3) is 5.92 Å². The van der Waals surface area contributed by atoms with Gasteiger partial charge in [0.05, 0.1) is 13.1 Å². The van der Waals surface area contributed by atoms with Crippen LogP contribution >= 0.6 is 11.8 Å². The average Bonchev–Trinajstić information content (AvgIpc) is 2.14. The Balaban J connectivity index is 2.11. The number of aromatic nitrogens is 2. The molecule has 0 bridgehead atoms. The van der Waals surface area contributed by atoms with Gasteiger partial charge in [-0.15, -0.1) is 0 Å². The first-order valence-corrected chi connectivity index (χ1v) is 5.33. The third-order valence-electron chi connectivity index (χ3n) is 1.97. The topological polar surface area (TPSA) is 29.0 Å². The number of hydrogen-bond acceptors (Lipinski definition) is 4. The zero-order chi connectivity index (χ0) is 10.2. The first-order chi connectivity index (χ1) is 6.61. The molecular weight excluding hydrogens is 208 g/mol. The summed E-state index contributed by atoms with van der Waals surface area (Å²) in [6.07, 6.45) is 3.44. The average molecular weight is 217 g/mol. The molecule has 0 unspecified atom stereocenters. The number of alkyl halides is 2. The van der Waals surface area contributed by atoms with Crippen LogP contribution in [0.15, 0.2) is 17.4 Å². The molecule has 0 atom stereocenters. The molecule has 0 aromatic carbocycles. The molecule has 1 saturated heterocycles. The lowest BCUT2D eigenvalue weighted by Crippen LogP contribution is -2.56. The summed E-state index contributed by atoms with van der Waals surface area (Å²) in [6, 6.07) is 1.65. The molecule has 0 N–H and O–H groups in total. The number of anilines is 1. The molecule has 0 spiro atoms. The van der Waals surface area contributed by atoms with Crippen molar-refractivity contribution in [1.29, 1.82) is 0 Å². The van der Waals surface area contributed by atoms with E-state index in [1.165, 1.54) is 11.8 Å². The molecule has 1 aromatic heterocycles. The minimum Gasteiger partial charge on any atom is -0.344 e. The van der Waals surface area contributed by atoms with Crippen molar-refractivity contribution in [3.05, 3.63) is 12.3 Å². The summed E-state index contributed by atoms with van der Waals surface area (Å²) >= 11 is 1.40. The Morgan fingerprint density at radius 2 is 2.21 bits per heavy atom. The van der Waals surface area contributed by atoms with Crippen LogP contribution in [0.1, 0.15) is 0 Å². The molecule has 1 aliphatic heterocycles. The van der Waals surface area contributed by atoms with E-state index in [4.69, 9.17) is 0 Å². The molecular formula is C8H9F2N3S. The molecule has 2 heterocycles. The van der Waals surface area contributed by atoms with Crippen LogP contribution in [0.2, 0.25) is 0 Å². The monoisotopic (exact) mass is 217 g/mol. The Kier molecular flexibility index (Phi) is 2.30. The van der Waals surface area contributed by atoms with E-state index in [0.29, 0.717) is 11.0 Å². The zero-order valence-electron chi connectivity index (χ0n) is 7.57. The molecule has 0 radical (unpaired) electrons. The SMILES string of the molecule is CSc1nccc(N2CC(F)(F)C2)n1. The number of hydrogen-bond donors (Lipinski definition) is 0. The van der Waals surface area contributed by atoms with Crippen LogP contribution in [-0.2, 0) is 0 Å². The highest BCUT2D eigenvalue weighted by Crippen LogP contribution is 2.30. The Labute approximate surface area is 84.5 Å². The van der Waals surface area contributed by atoms with E-state index in [9.17, 15) is 8.78 Å². The van der Waals surface area contributed by atoms with Crippen molar-refractivity contribution in [2.75, 3.05) is 24.2 Å². The summed E-state index contributed by atoms with van der Waals surface area (Å²) in [5, 5.41) is 0.609. The number of halogens is 2. The molecule has 14 heavy (non-hydrogen) atoms. The third kappa shape index (κ3) is 1.79. The smallest absolute Gasteiger partial charge is 0.282 e. The van der Waals surface area contributed by atoms with Crippen LogP contribution in [0.4, 0.5) is 14.6 Å². The van der Waals surface area contributed by atoms with Crippen LogP contribution < -0.4 is 4.90 Å². The van der Waals surface area contributed by atoms with E-state index in [2.05, 4.69) is 9.97 Å². The molecule has 1 aliphatic rings. The normalized spacial score (nSPS) is 19.2. The maximum absolute atomic E-state index is 12.6. The molecule has 6 heteroatoms. The van der Waals surface area contributed by atoms with Crippen molar-refractivity contribution >= 4 is 17.6 Å². The van der Waals surface area contributed by atoms with Crippen molar-refractivity contribution in [2.24, 2.45) is 0 Å². The maximum Gasteiger partial charge on any atom is 0.282 e. The maximum atomic E-state index is 12.6. The van der Waals surface area contributed by atoms with Gasteiger partial charge in [-0.2, -0.15) is 0 Å².